The predicted molar refractivity (Wildman–Crippen MR) is 109 cm³/mol. The van der Waals surface area contributed by atoms with Crippen molar-refractivity contribution in [1.82, 2.24) is 10.3 Å². The van der Waals surface area contributed by atoms with E-state index < -0.39 is 15.9 Å². The summed E-state index contributed by atoms with van der Waals surface area (Å²) in [6, 6.07) is 7.42. The van der Waals surface area contributed by atoms with Crippen LogP contribution in [0, 0.1) is 0 Å². The zero-order chi connectivity index (χ0) is 20.1. The fourth-order valence-electron chi connectivity index (χ4n) is 2.45. The largest absolute Gasteiger partial charge is 0.497 e. The van der Waals surface area contributed by atoms with Gasteiger partial charge in [-0.1, -0.05) is 26.0 Å². The number of nitrogens with zero attached hydrogens (tertiary/aromatic N) is 1. The topological polar surface area (TPSA) is 97.4 Å². The molecule has 0 saturated carbocycles. The number of hydrogen-bond acceptors (Lipinski definition) is 6. The zero-order valence-corrected chi connectivity index (χ0v) is 17.5. The Labute approximate surface area is 164 Å². The Morgan fingerprint density at radius 3 is 2.52 bits per heavy atom. The molecule has 0 spiro atoms. The summed E-state index contributed by atoms with van der Waals surface area (Å²) >= 11 is 1.35. The first-order valence-electron chi connectivity index (χ1n) is 8.45. The van der Waals surface area contributed by atoms with Crippen LogP contribution >= 0.6 is 11.3 Å². The molecule has 0 bridgehead atoms. The van der Waals surface area contributed by atoms with Gasteiger partial charge in [0.15, 0.2) is 5.13 Å². The third kappa shape index (κ3) is 6.21. The minimum atomic E-state index is -3.01. The van der Waals surface area contributed by atoms with E-state index in [4.69, 9.17) is 4.74 Å². The van der Waals surface area contributed by atoms with E-state index in [0.29, 0.717) is 11.6 Å². The first-order valence-corrected chi connectivity index (χ1v) is 11.4. The summed E-state index contributed by atoms with van der Waals surface area (Å²) in [5.74, 6) is 0.841. The summed E-state index contributed by atoms with van der Waals surface area (Å²) in [7, 11) is -1.39. The highest BCUT2D eigenvalue weighted by atomic mass is 32.2. The number of methoxy groups -OCH3 is 1. The number of aromatic nitrogens is 1. The van der Waals surface area contributed by atoms with Gasteiger partial charge in [0.25, 0.3) is 0 Å². The third-order valence-electron chi connectivity index (χ3n) is 4.15. The van der Waals surface area contributed by atoms with Crippen LogP contribution in [0.5, 0.6) is 5.75 Å². The second-order valence-electron chi connectivity index (χ2n) is 6.76. The van der Waals surface area contributed by atoms with Crippen molar-refractivity contribution in [3.05, 3.63) is 40.9 Å². The number of ether oxygens (including phenoxy) is 1. The summed E-state index contributed by atoms with van der Waals surface area (Å²) in [4.78, 5) is 16.4. The quantitative estimate of drug-likeness (QED) is 0.651. The maximum Gasteiger partial charge on any atom is 0.321 e. The molecule has 0 unspecified atom stereocenters. The van der Waals surface area contributed by atoms with Gasteiger partial charge < -0.3 is 10.1 Å². The molecule has 0 aliphatic heterocycles. The van der Waals surface area contributed by atoms with Crippen LogP contribution in [0.15, 0.2) is 29.6 Å². The minimum Gasteiger partial charge on any atom is -0.497 e. The molecule has 0 atom stereocenters. The molecule has 0 radical (unpaired) electrons. The molecular formula is C18H25N3O4S2. The van der Waals surface area contributed by atoms with Crippen LogP contribution in [0.4, 0.5) is 9.93 Å². The average Bonchev–Trinajstić information content (AvgIpc) is 3.07. The van der Waals surface area contributed by atoms with Gasteiger partial charge in [0.2, 0.25) is 0 Å². The van der Waals surface area contributed by atoms with Crippen LogP contribution in [-0.4, -0.2) is 45.1 Å². The second kappa shape index (κ2) is 8.71. The predicted octanol–water partition coefficient (Wildman–Crippen LogP) is 3.03. The molecule has 1 aromatic heterocycles. The van der Waals surface area contributed by atoms with Crippen molar-refractivity contribution in [3.63, 3.8) is 0 Å². The number of sulfone groups is 1. The molecule has 2 N–H and O–H groups in total. The van der Waals surface area contributed by atoms with Crippen molar-refractivity contribution in [1.29, 1.82) is 0 Å². The number of carbonyl (C=O) groups is 1. The van der Waals surface area contributed by atoms with Gasteiger partial charge in [-0.15, -0.1) is 11.3 Å². The lowest BCUT2D eigenvalue weighted by Gasteiger charge is -2.23. The standard InChI is InChI=1S/C18H25N3O4S2/c1-18(2,13-6-8-14(25-3)9-7-13)15-12-26-17(20-15)21-16(22)19-10-5-11-27(4,23)24/h6-9,12H,5,10-11H2,1-4H3,(H2,19,20,21,22). The first-order chi connectivity index (χ1) is 12.6. The van der Waals surface area contributed by atoms with Gasteiger partial charge in [-0.3, -0.25) is 5.32 Å². The molecule has 7 nitrogen and oxygen atoms in total. The summed E-state index contributed by atoms with van der Waals surface area (Å²) in [5.41, 5.74) is 1.62. The van der Waals surface area contributed by atoms with Crippen molar-refractivity contribution in [3.8, 4) is 5.75 Å². The van der Waals surface area contributed by atoms with Crippen LogP contribution in [0.3, 0.4) is 0 Å². The molecule has 0 aliphatic carbocycles. The zero-order valence-electron chi connectivity index (χ0n) is 15.9. The maximum absolute atomic E-state index is 11.9. The number of urea groups is 1. The van der Waals surface area contributed by atoms with Crippen molar-refractivity contribution in [2.75, 3.05) is 31.0 Å². The molecule has 0 aliphatic rings. The van der Waals surface area contributed by atoms with E-state index in [0.717, 1.165) is 17.0 Å². The van der Waals surface area contributed by atoms with Gasteiger partial charge in [-0.05, 0) is 24.1 Å². The van der Waals surface area contributed by atoms with Crippen LogP contribution in [0.1, 0.15) is 31.5 Å². The normalized spacial score (nSPS) is 11.9. The lowest BCUT2D eigenvalue weighted by Crippen LogP contribution is -2.30. The number of anilines is 1. The number of benzene rings is 1. The Kier molecular flexibility index (Phi) is 6.83. The number of hydrogen-bond donors (Lipinski definition) is 2. The number of thiazole rings is 1. The number of rotatable bonds is 8. The lowest BCUT2D eigenvalue weighted by molar-refractivity contribution is 0.252. The van der Waals surface area contributed by atoms with E-state index in [2.05, 4.69) is 29.5 Å². The van der Waals surface area contributed by atoms with Gasteiger partial charge in [0, 0.05) is 23.6 Å². The average molecular weight is 412 g/mol. The summed E-state index contributed by atoms with van der Waals surface area (Å²) in [6.07, 6.45) is 1.55. The highest BCUT2D eigenvalue weighted by Crippen LogP contribution is 2.34. The SMILES string of the molecule is COc1ccc(C(C)(C)c2csc(NC(=O)NCCCS(C)(=O)=O)n2)cc1. The van der Waals surface area contributed by atoms with Crippen molar-refractivity contribution >= 4 is 32.3 Å². The van der Waals surface area contributed by atoms with Gasteiger partial charge in [-0.25, -0.2) is 18.2 Å². The summed E-state index contributed by atoms with van der Waals surface area (Å²) in [6.45, 7) is 4.42. The van der Waals surface area contributed by atoms with Crippen LogP contribution in [0.25, 0.3) is 0 Å². The van der Waals surface area contributed by atoms with Gasteiger partial charge in [0.05, 0.1) is 18.6 Å². The Morgan fingerprint density at radius 1 is 1.26 bits per heavy atom. The Bertz CT molecular complexity index is 874. The molecule has 27 heavy (non-hydrogen) atoms. The van der Waals surface area contributed by atoms with E-state index in [1.165, 1.54) is 17.6 Å². The fourth-order valence-corrected chi connectivity index (χ4v) is 3.99. The number of amides is 2. The van der Waals surface area contributed by atoms with E-state index >= 15 is 0 Å². The van der Waals surface area contributed by atoms with Crippen molar-refractivity contribution in [2.24, 2.45) is 0 Å². The molecular weight excluding hydrogens is 386 g/mol. The molecule has 1 heterocycles. The lowest BCUT2D eigenvalue weighted by atomic mass is 9.82. The summed E-state index contributed by atoms with van der Waals surface area (Å²) in [5, 5.41) is 7.74. The third-order valence-corrected chi connectivity index (χ3v) is 5.94. The van der Waals surface area contributed by atoms with Crippen molar-refractivity contribution in [2.45, 2.75) is 25.7 Å². The van der Waals surface area contributed by atoms with E-state index in [1.54, 1.807) is 7.11 Å². The number of nitrogens with one attached hydrogen (secondary N) is 2. The first kappa shape index (κ1) is 21.2. The molecule has 2 rings (SSSR count). The smallest absolute Gasteiger partial charge is 0.321 e. The van der Waals surface area contributed by atoms with E-state index in [1.807, 2.05) is 29.6 Å². The second-order valence-corrected chi connectivity index (χ2v) is 9.87. The number of carbonyl (C=O) groups excluding carboxylic acids is 1. The van der Waals surface area contributed by atoms with Crippen LogP contribution in [0.2, 0.25) is 0 Å². The molecule has 2 aromatic rings. The molecule has 0 saturated heterocycles. The fraction of sp³-hybridized carbons (Fsp3) is 0.444. The van der Waals surface area contributed by atoms with Gasteiger partial charge in [-0.2, -0.15) is 0 Å². The summed E-state index contributed by atoms with van der Waals surface area (Å²) < 4.78 is 27.3. The maximum atomic E-state index is 11.9. The molecule has 1 aromatic carbocycles. The minimum absolute atomic E-state index is 0.0464. The van der Waals surface area contributed by atoms with E-state index in [-0.39, 0.29) is 17.7 Å². The van der Waals surface area contributed by atoms with Crippen LogP contribution in [-0.2, 0) is 15.3 Å². The molecule has 148 valence electrons. The molecule has 0 fully saturated rings. The molecule has 9 heteroatoms. The monoisotopic (exact) mass is 411 g/mol. The molecule has 2 amide bonds. The van der Waals surface area contributed by atoms with Crippen LogP contribution < -0.4 is 15.4 Å². The van der Waals surface area contributed by atoms with Gasteiger partial charge in [0.1, 0.15) is 15.6 Å². The Hall–Kier alpha value is -2.13. The Morgan fingerprint density at radius 2 is 1.93 bits per heavy atom. The van der Waals surface area contributed by atoms with Crippen molar-refractivity contribution < 1.29 is 17.9 Å². The Balaban J connectivity index is 1.95. The highest BCUT2D eigenvalue weighted by Gasteiger charge is 2.26. The van der Waals surface area contributed by atoms with Gasteiger partial charge >= 0.3 is 6.03 Å². The van der Waals surface area contributed by atoms with E-state index in [9.17, 15) is 13.2 Å². The highest BCUT2D eigenvalue weighted by molar-refractivity contribution is 7.90.